The van der Waals surface area contributed by atoms with Gasteiger partial charge in [-0.25, -0.2) is 0 Å². The fourth-order valence-electron chi connectivity index (χ4n) is 2.43. The van der Waals surface area contributed by atoms with Crippen molar-refractivity contribution in [3.8, 4) is 0 Å². The minimum atomic E-state index is -0.515. The van der Waals surface area contributed by atoms with Gasteiger partial charge in [0.15, 0.2) is 5.69 Å². The van der Waals surface area contributed by atoms with Crippen LogP contribution in [-0.4, -0.2) is 42.8 Å². The van der Waals surface area contributed by atoms with Gasteiger partial charge >= 0.3 is 5.69 Å². The Balaban J connectivity index is 2.04. The maximum atomic E-state index is 12.3. The lowest BCUT2D eigenvalue weighted by molar-refractivity contribution is -0.385. The van der Waals surface area contributed by atoms with E-state index in [0.717, 1.165) is 12.6 Å². The van der Waals surface area contributed by atoms with Crippen LogP contribution >= 0.6 is 0 Å². The van der Waals surface area contributed by atoms with E-state index in [1.54, 1.807) is 17.8 Å². The van der Waals surface area contributed by atoms with Gasteiger partial charge in [-0.3, -0.25) is 29.1 Å². The highest BCUT2D eigenvalue weighted by molar-refractivity contribution is 6.02. The van der Waals surface area contributed by atoms with Gasteiger partial charge in [0.25, 0.3) is 5.91 Å². The van der Waals surface area contributed by atoms with Crippen molar-refractivity contribution in [3.05, 3.63) is 33.9 Å². The third kappa shape index (κ3) is 4.90. The molecule has 0 bridgehead atoms. The summed E-state index contributed by atoms with van der Waals surface area (Å²) < 4.78 is 2.97. The van der Waals surface area contributed by atoms with Crippen LogP contribution in [0.25, 0.3) is 0 Å². The van der Waals surface area contributed by atoms with E-state index in [1.165, 1.54) is 4.68 Å². The summed E-state index contributed by atoms with van der Waals surface area (Å²) in [6, 6.07) is 0. The van der Waals surface area contributed by atoms with Crippen molar-refractivity contribution in [2.75, 3.05) is 11.9 Å². The quantitative estimate of drug-likeness (QED) is 0.502. The topological polar surface area (TPSA) is 137 Å². The largest absolute Gasteiger partial charge is 0.351 e. The van der Waals surface area contributed by atoms with Crippen LogP contribution in [-0.2, 0) is 17.9 Å². The summed E-state index contributed by atoms with van der Waals surface area (Å²) in [6.45, 7) is 6.65. The number of hydrogen-bond acceptors (Lipinski definition) is 6. The fourth-order valence-corrected chi connectivity index (χ4v) is 2.43. The molecule has 0 aliphatic heterocycles. The minimum Gasteiger partial charge on any atom is -0.351 e. The second kappa shape index (κ2) is 8.92. The first kappa shape index (κ1) is 20.1. The maximum Gasteiger partial charge on any atom is 0.309 e. The summed E-state index contributed by atoms with van der Waals surface area (Å²) in [6.07, 6.45) is 3.60. The summed E-state index contributed by atoms with van der Waals surface area (Å²) in [5.74, 6) is -0.689. The van der Waals surface area contributed by atoms with Crippen LogP contribution in [0.1, 0.15) is 42.9 Å². The van der Waals surface area contributed by atoms with E-state index in [1.807, 2.05) is 13.8 Å². The van der Waals surface area contributed by atoms with Gasteiger partial charge in [0.1, 0.15) is 11.9 Å². The number of anilines is 1. The Morgan fingerprint density at radius 2 is 2.07 bits per heavy atom. The Labute approximate surface area is 155 Å². The molecule has 2 N–H and O–H groups in total. The average Bonchev–Trinajstić information content (AvgIpc) is 3.21. The molecular formula is C16H23N7O4. The molecule has 0 saturated carbocycles. The molecule has 0 spiro atoms. The molecule has 146 valence electrons. The van der Waals surface area contributed by atoms with Crippen molar-refractivity contribution in [2.45, 2.75) is 46.7 Å². The highest BCUT2D eigenvalue weighted by atomic mass is 16.6. The summed E-state index contributed by atoms with van der Waals surface area (Å²) in [5.41, 5.74) is 0.781. The molecular weight excluding hydrogens is 354 g/mol. The van der Waals surface area contributed by atoms with Gasteiger partial charge in [-0.1, -0.05) is 6.92 Å². The third-order valence-corrected chi connectivity index (χ3v) is 3.94. The first-order valence-corrected chi connectivity index (χ1v) is 8.69. The standard InChI is InChI=1S/C16H23N7O4/c1-4-7-17-16(25)15-12(10-21(5-2)20-15)19-14(24)6-8-22-11(3)13(9-18-22)23(26)27/h9-10H,4-8H2,1-3H3,(H,17,25)(H,19,24). The summed E-state index contributed by atoms with van der Waals surface area (Å²) >= 11 is 0. The monoisotopic (exact) mass is 377 g/mol. The number of aryl methyl sites for hydroxylation is 2. The lowest BCUT2D eigenvalue weighted by Crippen LogP contribution is -2.26. The van der Waals surface area contributed by atoms with Crippen molar-refractivity contribution >= 4 is 23.2 Å². The Bertz CT molecular complexity index is 840. The van der Waals surface area contributed by atoms with Crippen LogP contribution in [0.15, 0.2) is 12.4 Å². The second-order valence-electron chi connectivity index (χ2n) is 5.90. The van der Waals surface area contributed by atoms with E-state index in [2.05, 4.69) is 20.8 Å². The zero-order valence-corrected chi connectivity index (χ0v) is 15.6. The summed E-state index contributed by atoms with van der Waals surface area (Å²) in [7, 11) is 0. The molecule has 0 aromatic carbocycles. The molecule has 2 aromatic rings. The number of carbonyl (C=O) groups is 2. The molecule has 0 fully saturated rings. The van der Waals surface area contributed by atoms with Crippen molar-refractivity contribution in [1.82, 2.24) is 24.9 Å². The van der Waals surface area contributed by atoms with Gasteiger partial charge in [-0.15, -0.1) is 0 Å². The first-order chi connectivity index (χ1) is 12.9. The predicted molar refractivity (Wildman–Crippen MR) is 97.4 cm³/mol. The Morgan fingerprint density at radius 3 is 2.67 bits per heavy atom. The number of nitrogens with one attached hydrogen (secondary N) is 2. The molecule has 0 radical (unpaired) electrons. The van der Waals surface area contributed by atoms with Crippen LogP contribution < -0.4 is 10.6 Å². The van der Waals surface area contributed by atoms with Crippen molar-refractivity contribution in [2.24, 2.45) is 0 Å². The minimum absolute atomic E-state index is 0.0486. The highest BCUT2D eigenvalue weighted by Gasteiger charge is 2.19. The number of amides is 2. The second-order valence-corrected chi connectivity index (χ2v) is 5.90. The van der Waals surface area contributed by atoms with Gasteiger partial charge < -0.3 is 10.6 Å². The fraction of sp³-hybridized carbons (Fsp3) is 0.500. The Morgan fingerprint density at radius 1 is 1.33 bits per heavy atom. The van der Waals surface area contributed by atoms with Crippen molar-refractivity contribution in [3.63, 3.8) is 0 Å². The van der Waals surface area contributed by atoms with E-state index in [-0.39, 0.29) is 36.2 Å². The molecule has 2 aromatic heterocycles. The van der Waals surface area contributed by atoms with Gasteiger partial charge in [-0.05, 0) is 20.3 Å². The van der Waals surface area contributed by atoms with Gasteiger partial charge in [0.05, 0.1) is 17.2 Å². The predicted octanol–water partition coefficient (Wildman–Crippen LogP) is 1.48. The van der Waals surface area contributed by atoms with Crippen LogP contribution in [0.4, 0.5) is 11.4 Å². The number of carbonyl (C=O) groups excluding carboxylic acids is 2. The zero-order chi connectivity index (χ0) is 20.0. The molecule has 0 saturated heterocycles. The summed E-state index contributed by atoms with van der Waals surface area (Å²) in [4.78, 5) is 34.8. The number of aromatic nitrogens is 4. The zero-order valence-electron chi connectivity index (χ0n) is 15.6. The molecule has 11 heteroatoms. The van der Waals surface area contributed by atoms with Crippen molar-refractivity contribution in [1.29, 1.82) is 0 Å². The SMILES string of the molecule is CCCNC(=O)c1nn(CC)cc1NC(=O)CCn1ncc([N+](=O)[O-])c1C. The van der Waals surface area contributed by atoms with Crippen LogP contribution in [0.5, 0.6) is 0 Å². The first-order valence-electron chi connectivity index (χ1n) is 8.69. The van der Waals surface area contributed by atoms with Crippen LogP contribution in [0, 0.1) is 17.0 Å². The number of rotatable bonds is 9. The van der Waals surface area contributed by atoms with Gasteiger partial charge in [-0.2, -0.15) is 10.2 Å². The van der Waals surface area contributed by atoms with E-state index >= 15 is 0 Å². The molecule has 27 heavy (non-hydrogen) atoms. The number of hydrogen-bond donors (Lipinski definition) is 2. The molecule has 2 rings (SSSR count). The lowest BCUT2D eigenvalue weighted by atomic mass is 10.3. The molecule has 0 atom stereocenters. The van der Waals surface area contributed by atoms with Gasteiger partial charge in [0, 0.05) is 25.7 Å². The number of nitrogens with zero attached hydrogens (tertiary/aromatic N) is 5. The Kier molecular flexibility index (Phi) is 6.63. The molecule has 0 aliphatic rings. The molecule has 0 unspecified atom stereocenters. The smallest absolute Gasteiger partial charge is 0.309 e. The van der Waals surface area contributed by atoms with Crippen LogP contribution in [0.3, 0.4) is 0 Å². The van der Waals surface area contributed by atoms with Crippen LogP contribution in [0.2, 0.25) is 0 Å². The third-order valence-electron chi connectivity index (χ3n) is 3.94. The van der Waals surface area contributed by atoms with E-state index < -0.39 is 4.92 Å². The van der Waals surface area contributed by atoms with Gasteiger partial charge in [0.2, 0.25) is 5.91 Å². The van der Waals surface area contributed by atoms with E-state index in [4.69, 9.17) is 0 Å². The normalized spacial score (nSPS) is 10.6. The molecule has 2 heterocycles. The lowest BCUT2D eigenvalue weighted by Gasteiger charge is -2.07. The molecule has 2 amide bonds. The molecule has 11 nitrogen and oxygen atoms in total. The van der Waals surface area contributed by atoms with Crippen molar-refractivity contribution < 1.29 is 14.5 Å². The summed E-state index contributed by atoms with van der Waals surface area (Å²) in [5, 5.41) is 24.4. The maximum absolute atomic E-state index is 12.3. The average molecular weight is 377 g/mol. The molecule has 0 aliphatic carbocycles. The van der Waals surface area contributed by atoms with E-state index in [9.17, 15) is 19.7 Å². The highest BCUT2D eigenvalue weighted by Crippen LogP contribution is 2.17. The number of nitro groups is 1. The van der Waals surface area contributed by atoms with E-state index in [0.29, 0.717) is 24.5 Å². The Hall–Kier alpha value is -3.24.